The second-order valence-electron chi connectivity index (χ2n) is 3.61. The van der Waals surface area contributed by atoms with Crippen molar-refractivity contribution in [1.29, 1.82) is 0 Å². The lowest BCUT2D eigenvalue weighted by atomic mass is 9.89. The van der Waals surface area contributed by atoms with Gasteiger partial charge in [0.05, 0.1) is 0 Å². The maximum Gasteiger partial charge on any atom is -0.00459 e. The Morgan fingerprint density at radius 2 is 2.08 bits per heavy atom. The minimum Gasteiger partial charge on any atom is -0.330 e. The third kappa shape index (κ3) is 4.55. The summed E-state index contributed by atoms with van der Waals surface area (Å²) in [6.45, 7) is 9.07. The van der Waals surface area contributed by atoms with E-state index in [0.29, 0.717) is 11.8 Å². The monoisotopic (exact) mass is 169 g/mol. The van der Waals surface area contributed by atoms with Crippen molar-refractivity contribution in [3.63, 3.8) is 0 Å². The normalized spacial score (nSPS) is 15.6. The van der Waals surface area contributed by atoms with Crippen molar-refractivity contribution in [1.82, 2.24) is 0 Å². The average Bonchev–Trinajstić information content (AvgIpc) is 2.11. The first-order valence-corrected chi connectivity index (χ1v) is 5.08. The van der Waals surface area contributed by atoms with Crippen LogP contribution in [0.2, 0.25) is 0 Å². The summed E-state index contributed by atoms with van der Waals surface area (Å²) in [5.74, 6) is 1.22. The van der Waals surface area contributed by atoms with E-state index in [9.17, 15) is 0 Å². The Morgan fingerprint density at radius 1 is 1.42 bits per heavy atom. The quantitative estimate of drug-likeness (QED) is 0.460. The highest BCUT2D eigenvalue weighted by Gasteiger charge is 2.10. The molecule has 0 heterocycles. The van der Waals surface area contributed by atoms with Gasteiger partial charge >= 0.3 is 0 Å². The molecule has 1 heteroatoms. The van der Waals surface area contributed by atoms with Gasteiger partial charge in [-0.15, -0.1) is 6.58 Å². The van der Waals surface area contributed by atoms with Gasteiger partial charge in [0.25, 0.3) is 0 Å². The van der Waals surface area contributed by atoms with Gasteiger partial charge in [-0.1, -0.05) is 39.2 Å². The Balaban J connectivity index is 3.59. The van der Waals surface area contributed by atoms with E-state index in [4.69, 9.17) is 5.73 Å². The predicted molar refractivity (Wildman–Crippen MR) is 56.0 cm³/mol. The van der Waals surface area contributed by atoms with Crippen molar-refractivity contribution < 1.29 is 0 Å². The van der Waals surface area contributed by atoms with E-state index >= 15 is 0 Å². The summed E-state index contributed by atoms with van der Waals surface area (Å²) in [6.07, 6.45) is 7.27. The molecular weight excluding hydrogens is 146 g/mol. The van der Waals surface area contributed by atoms with E-state index in [-0.39, 0.29) is 0 Å². The Bertz CT molecular complexity index is 110. The first-order chi connectivity index (χ1) is 5.76. The van der Waals surface area contributed by atoms with Crippen LogP contribution < -0.4 is 5.73 Å². The molecule has 2 unspecified atom stereocenters. The number of hydrogen-bond donors (Lipinski definition) is 1. The largest absolute Gasteiger partial charge is 0.330 e. The topological polar surface area (TPSA) is 26.0 Å². The van der Waals surface area contributed by atoms with E-state index < -0.39 is 0 Å². The molecule has 1 nitrogen and oxygen atoms in total. The van der Waals surface area contributed by atoms with Crippen LogP contribution in [0.1, 0.15) is 39.5 Å². The number of unbranched alkanes of at least 4 members (excludes halogenated alkanes) is 2. The van der Waals surface area contributed by atoms with Crippen LogP contribution in [0.4, 0.5) is 0 Å². The minimum absolute atomic E-state index is 0.597. The summed E-state index contributed by atoms with van der Waals surface area (Å²) in [7, 11) is 0. The zero-order chi connectivity index (χ0) is 9.40. The van der Waals surface area contributed by atoms with Crippen molar-refractivity contribution in [3.05, 3.63) is 12.7 Å². The van der Waals surface area contributed by atoms with Crippen molar-refractivity contribution >= 4 is 0 Å². The van der Waals surface area contributed by atoms with Crippen molar-refractivity contribution in [2.75, 3.05) is 6.54 Å². The van der Waals surface area contributed by atoms with Gasteiger partial charge < -0.3 is 5.73 Å². The Morgan fingerprint density at radius 3 is 2.50 bits per heavy atom. The lowest BCUT2D eigenvalue weighted by molar-refractivity contribution is 0.398. The molecule has 0 rings (SSSR count). The molecule has 0 aromatic rings. The first-order valence-electron chi connectivity index (χ1n) is 5.08. The van der Waals surface area contributed by atoms with Gasteiger partial charge in [-0.2, -0.15) is 0 Å². The molecule has 0 aliphatic carbocycles. The summed E-state index contributed by atoms with van der Waals surface area (Å²) in [5, 5.41) is 0. The van der Waals surface area contributed by atoms with E-state index in [0.717, 1.165) is 6.54 Å². The average molecular weight is 169 g/mol. The lowest BCUT2D eigenvalue weighted by Crippen LogP contribution is -2.19. The third-order valence-corrected chi connectivity index (χ3v) is 2.55. The van der Waals surface area contributed by atoms with Gasteiger partial charge in [0.15, 0.2) is 0 Å². The van der Waals surface area contributed by atoms with E-state index in [1.165, 1.54) is 25.7 Å². The number of allylic oxidation sites excluding steroid dienone is 1. The predicted octanol–water partition coefficient (Wildman–Crippen LogP) is 2.96. The molecule has 0 saturated heterocycles. The van der Waals surface area contributed by atoms with Crippen LogP contribution in [-0.2, 0) is 0 Å². The summed E-state index contributed by atoms with van der Waals surface area (Å²) in [6, 6.07) is 0. The van der Waals surface area contributed by atoms with Crippen molar-refractivity contribution in [3.8, 4) is 0 Å². The number of hydrogen-bond acceptors (Lipinski definition) is 1. The second-order valence-corrected chi connectivity index (χ2v) is 3.61. The summed E-state index contributed by atoms with van der Waals surface area (Å²) in [4.78, 5) is 0. The van der Waals surface area contributed by atoms with E-state index in [1.807, 2.05) is 0 Å². The fourth-order valence-corrected chi connectivity index (χ4v) is 1.44. The van der Waals surface area contributed by atoms with Gasteiger partial charge in [-0.3, -0.25) is 0 Å². The Kier molecular flexibility index (Phi) is 7.17. The molecule has 0 amide bonds. The van der Waals surface area contributed by atoms with Crippen molar-refractivity contribution in [2.45, 2.75) is 39.5 Å². The Hall–Kier alpha value is -0.300. The molecule has 0 aromatic heterocycles. The van der Waals surface area contributed by atoms with Crippen LogP contribution >= 0.6 is 0 Å². The summed E-state index contributed by atoms with van der Waals surface area (Å²) in [5.41, 5.74) is 5.60. The van der Waals surface area contributed by atoms with Crippen LogP contribution in [0.3, 0.4) is 0 Å². The van der Waals surface area contributed by atoms with Crippen molar-refractivity contribution in [2.24, 2.45) is 17.6 Å². The first kappa shape index (κ1) is 11.7. The minimum atomic E-state index is 0.597. The maximum atomic E-state index is 5.60. The van der Waals surface area contributed by atoms with Gasteiger partial charge in [0.1, 0.15) is 0 Å². The number of rotatable bonds is 7. The summed E-state index contributed by atoms with van der Waals surface area (Å²) >= 11 is 0. The van der Waals surface area contributed by atoms with E-state index in [1.54, 1.807) is 0 Å². The Labute approximate surface area is 77.0 Å². The van der Waals surface area contributed by atoms with Gasteiger partial charge in [0, 0.05) is 0 Å². The highest BCUT2D eigenvalue weighted by atomic mass is 14.5. The zero-order valence-corrected chi connectivity index (χ0v) is 8.55. The maximum absolute atomic E-state index is 5.60. The highest BCUT2D eigenvalue weighted by molar-refractivity contribution is 4.83. The van der Waals surface area contributed by atoms with Crippen LogP contribution in [0.5, 0.6) is 0 Å². The smallest absolute Gasteiger partial charge is 0.00459 e. The van der Waals surface area contributed by atoms with E-state index in [2.05, 4.69) is 26.5 Å². The molecule has 0 fully saturated rings. The standard InChI is InChI=1S/C11H23N/c1-4-6-7-8-11(5-2)10(3)9-12/h5,10-11H,2,4,6-9,12H2,1,3H3. The van der Waals surface area contributed by atoms with Gasteiger partial charge in [-0.25, -0.2) is 0 Å². The molecule has 0 radical (unpaired) electrons. The molecule has 72 valence electrons. The molecule has 0 aromatic carbocycles. The number of nitrogens with two attached hydrogens (primary N) is 1. The molecule has 0 aliphatic rings. The zero-order valence-electron chi connectivity index (χ0n) is 8.55. The molecule has 2 N–H and O–H groups in total. The third-order valence-electron chi connectivity index (χ3n) is 2.55. The molecule has 12 heavy (non-hydrogen) atoms. The molecule has 0 spiro atoms. The molecule has 0 bridgehead atoms. The highest BCUT2D eigenvalue weighted by Crippen LogP contribution is 2.18. The van der Waals surface area contributed by atoms with Crippen LogP contribution in [0.25, 0.3) is 0 Å². The van der Waals surface area contributed by atoms with Crippen LogP contribution in [0, 0.1) is 11.8 Å². The second kappa shape index (κ2) is 7.35. The fourth-order valence-electron chi connectivity index (χ4n) is 1.44. The molecule has 0 saturated carbocycles. The summed E-state index contributed by atoms with van der Waals surface area (Å²) < 4.78 is 0. The molecule has 0 aliphatic heterocycles. The van der Waals surface area contributed by atoms with Crippen LogP contribution in [-0.4, -0.2) is 6.54 Å². The molecule has 2 atom stereocenters. The lowest BCUT2D eigenvalue weighted by Gasteiger charge is -2.18. The van der Waals surface area contributed by atoms with Gasteiger partial charge in [0.2, 0.25) is 0 Å². The van der Waals surface area contributed by atoms with Gasteiger partial charge in [-0.05, 0) is 24.8 Å². The fraction of sp³-hybridized carbons (Fsp3) is 0.818. The SMILES string of the molecule is C=CC(CCCCC)C(C)CN. The van der Waals surface area contributed by atoms with Crippen LogP contribution in [0.15, 0.2) is 12.7 Å². The molecular formula is C11H23N.